The molecule has 4 aromatic rings. The molecular weight excluding hydrogens is 427 g/mol. The van der Waals surface area contributed by atoms with Gasteiger partial charge in [-0.15, -0.1) is 0 Å². The van der Waals surface area contributed by atoms with Gasteiger partial charge in [-0.05, 0) is 30.3 Å². The van der Waals surface area contributed by atoms with Gasteiger partial charge >= 0.3 is 0 Å². The number of ether oxygens (including phenoxy) is 2. The molecule has 2 N–H and O–H groups in total. The molecule has 3 heterocycles. The number of furan rings is 1. The van der Waals surface area contributed by atoms with Gasteiger partial charge in [0, 0.05) is 37.2 Å². The standard InChI is InChI=1S/C24H23FN4O4/c1-26-24(30)22-18-10-21(32-13-17-12-27-14-28-17)19(29-6-8-31-9-7-29)11-20(18)33-23(22)15-2-4-16(25)5-3-15/h2-5,10-12,14H,6-9,13H2,1H3,(H,26,30)(H,27,28). The summed E-state index contributed by atoms with van der Waals surface area (Å²) in [4.78, 5) is 22.1. The van der Waals surface area contributed by atoms with Crippen LogP contribution in [0.25, 0.3) is 22.3 Å². The zero-order valence-corrected chi connectivity index (χ0v) is 18.1. The minimum Gasteiger partial charge on any atom is -0.485 e. The molecule has 1 aliphatic rings. The summed E-state index contributed by atoms with van der Waals surface area (Å²) in [5.74, 6) is 0.339. The largest absolute Gasteiger partial charge is 0.485 e. The van der Waals surface area contributed by atoms with Crippen LogP contribution >= 0.6 is 0 Å². The van der Waals surface area contributed by atoms with Crippen molar-refractivity contribution in [1.82, 2.24) is 15.3 Å². The molecule has 9 heteroatoms. The van der Waals surface area contributed by atoms with Crippen molar-refractivity contribution in [2.45, 2.75) is 6.61 Å². The number of imidazole rings is 1. The molecule has 1 saturated heterocycles. The SMILES string of the molecule is CNC(=O)c1c(-c2ccc(F)cc2)oc2cc(N3CCOCC3)c(OCc3cnc[nH]3)cc12. The van der Waals surface area contributed by atoms with Gasteiger partial charge in [-0.2, -0.15) is 0 Å². The highest BCUT2D eigenvalue weighted by Crippen LogP contribution is 2.41. The summed E-state index contributed by atoms with van der Waals surface area (Å²) in [6.07, 6.45) is 3.30. The zero-order valence-electron chi connectivity index (χ0n) is 18.1. The molecule has 1 fully saturated rings. The zero-order chi connectivity index (χ0) is 22.8. The van der Waals surface area contributed by atoms with E-state index < -0.39 is 0 Å². The van der Waals surface area contributed by atoms with Crippen LogP contribution in [0.2, 0.25) is 0 Å². The Morgan fingerprint density at radius 2 is 2.03 bits per heavy atom. The second kappa shape index (κ2) is 8.95. The number of fused-ring (bicyclic) bond motifs is 1. The number of amides is 1. The summed E-state index contributed by atoms with van der Waals surface area (Å²) in [7, 11) is 1.56. The van der Waals surface area contributed by atoms with E-state index in [9.17, 15) is 9.18 Å². The smallest absolute Gasteiger partial charge is 0.255 e. The molecule has 0 radical (unpaired) electrons. The third-order valence-electron chi connectivity index (χ3n) is 5.62. The van der Waals surface area contributed by atoms with Crippen LogP contribution in [0, 0.1) is 5.82 Å². The highest BCUT2D eigenvalue weighted by Gasteiger charge is 2.25. The third kappa shape index (κ3) is 4.14. The fourth-order valence-electron chi connectivity index (χ4n) is 3.95. The van der Waals surface area contributed by atoms with Crippen molar-refractivity contribution in [2.75, 3.05) is 38.3 Å². The van der Waals surface area contributed by atoms with Gasteiger partial charge in [0.1, 0.15) is 29.5 Å². The van der Waals surface area contributed by atoms with Crippen molar-refractivity contribution in [2.24, 2.45) is 0 Å². The number of carbonyl (C=O) groups is 1. The van der Waals surface area contributed by atoms with Crippen LogP contribution in [-0.2, 0) is 11.3 Å². The third-order valence-corrected chi connectivity index (χ3v) is 5.62. The lowest BCUT2D eigenvalue weighted by atomic mass is 10.0. The molecule has 1 amide bonds. The lowest BCUT2D eigenvalue weighted by Gasteiger charge is -2.30. The summed E-state index contributed by atoms with van der Waals surface area (Å²) in [5, 5.41) is 3.29. The van der Waals surface area contributed by atoms with Crippen LogP contribution in [0.3, 0.4) is 0 Å². The first-order chi connectivity index (χ1) is 16.1. The molecular formula is C24H23FN4O4. The summed E-state index contributed by atoms with van der Waals surface area (Å²) in [5.41, 5.74) is 3.21. The Morgan fingerprint density at radius 3 is 2.73 bits per heavy atom. The van der Waals surface area contributed by atoms with Crippen LogP contribution in [0.5, 0.6) is 5.75 Å². The van der Waals surface area contributed by atoms with E-state index in [1.54, 1.807) is 31.7 Å². The fraction of sp³-hybridized carbons (Fsp3) is 0.250. The number of morpholine rings is 1. The normalized spacial score (nSPS) is 13.9. The first-order valence-electron chi connectivity index (χ1n) is 10.7. The van der Waals surface area contributed by atoms with Crippen LogP contribution in [-0.4, -0.2) is 49.2 Å². The highest BCUT2D eigenvalue weighted by atomic mass is 19.1. The Hall–Kier alpha value is -3.85. The number of benzene rings is 2. The molecule has 0 aliphatic carbocycles. The molecule has 33 heavy (non-hydrogen) atoms. The van der Waals surface area contributed by atoms with Crippen LogP contribution in [0.4, 0.5) is 10.1 Å². The number of carbonyl (C=O) groups excluding carboxylic acids is 1. The summed E-state index contributed by atoms with van der Waals surface area (Å²) >= 11 is 0. The van der Waals surface area contributed by atoms with E-state index in [2.05, 4.69) is 20.2 Å². The van der Waals surface area contributed by atoms with E-state index >= 15 is 0 Å². The number of H-pyrrole nitrogens is 1. The molecule has 170 valence electrons. The van der Waals surface area contributed by atoms with Gasteiger partial charge in [0.05, 0.1) is 42.7 Å². The predicted octanol–water partition coefficient (Wildman–Crippen LogP) is 3.74. The molecule has 2 aromatic carbocycles. The van der Waals surface area contributed by atoms with Crippen molar-refractivity contribution < 1.29 is 23.1 Å². The van der Waals surface area contributed by atoms with E-state index in [-0.39, 0.29) is 11.7 Å². The van der Waals surface area contributed by atoms with E-state index in [0.717, 1.165) is 11.4 Å². The van der Waals surface area contributed by atoms with E-state index in [1.165, 1.54) is 12.1 Å². The van der Waals surface area contributed by atoms with E-state index in [4.69, 9.17) is 13.9 Å². The minimum absolute atomic E-state index is 0.292. The molecule has 0 unspecified atom stereocenters. The van der Waals surface area contributed by atoms with E-state index in [1.807, 2.05) is 12.1 Å². The van der Waals surface area contributed by atoms with Gasteiger partial charge in [0.25, 0.3) is 5.91 Å². The number of nitrogens with one attached hydrogen (secondary N) is 2. The Morgan fingerprint density at radius 1 is 1.24 bits per heavy atom. The summed E-state index contributed by atoms with van der Waals surface area (Å²) < 4.78 is 31.3. The van der Waals surface area contributed by atoms with Gasteiger partial charge in [-0.3, -0.25) is 4.79 Å². The number of aromatic amines is 1. The molecule has 1 aliphatic heterocycles. The van der Waals surface area contributed by atoms with Crippen molar-refractivity contribution >= 4 is 22.6 Å². The first-order valence-corrected chi connectivity index (χ1v) is 10.7. The van der Waals surface area contributed by atoms with Crippen molar-refractivity contribution in [3.05, 3.63) is 66.0 Å². The number of hydrogen-bond donors (Lipinski definition) is 2. The van der Waals surface area contributed by atoms with Gasteiger partial charge in [-0.25, -0.2) is 9.37 Å². The first kappa shape index (κ1) is 21.0. The summed E-state index contributed by atoms with van der Waals surface area (Å²) in [6.45, 7) is 2.93. The average molecular weight is 450 g/mol. The number of halogens is 1. The van der Waals surface area contributed by atoms with Gasteiger partial charge in [0.15, 0.2) is 0 Å². The Kier molecular flexibility index (Phi) is 5.70. The maximum absolute atomic E-state index is 13.5. The topological polar surface area (TPSA) is 92.6 Å². The number of aromatic nitrogens is 2. The number of rotatable bonds is 6. The van der Waals surface area contributed by atoms with Gasteiger partial charge in [0.2, 0.25) is 0 Å². The van der Waals surface area contributed by atoms with Crippen LogP contribution < -0.4 is 15.0 Å². The maximum atomic E-state index is 13.5. The molecule has 5 rings (SSSR count). The van der Waals surface area contributed by atoms with Crippen LogP contribution in [0.1, 0.15) is 16.1 Å². The molecule has 0 bridgehead atoms. The van der Waals surface area contributed by atoms with Crippen molar-refractivity contribution in [1.29, 1.82) is 0 Å². The number of anilines is 1. The molecule has 0 saturated carbocycles. The lowest BCUT2D eigenvalue weighted by Crippen LogP contribution is -2.36. The van der Waals surface area contributed by atoms with Crippen LogP contribution in [0.15, 0.2) is 53.3 Å². The van der Waals surface area contributed by atoms with Gasteiger partial charge in [-0.1, -0.05) is 0 Å². The Balaban J connectivity index is 1.65. The molecule has 2 aromatic heterocycles. The highest BCUT2D eigenvalue weighted by molar-refractivity contribution is 6.12. The van der Waals surface area contributed by atoms with E-state index in [0.29, 0.717) is 66.5 Å². The number of nitrogens with zero attached hydrogens (tertiary/aromatic N) is 2. The quantitative estimate of drug-likeness (QED) is 0.465. The number of hydrogen-bond acceptors (Lipinski definition) is 6. The second-order valence-corrected chi connectivity index (χ2v) is 7.67. The van der Waals surface area contributed by atoms with Gasteiger partial charge < -0.3 is 29.1 Å². The second-order valence-electron chi connectivity index (χ2n) is 7.67. The van der Waals surface area contributed by atoms with Crippen molar-refractivity contribution in [3.63, 3.8) is 0 Å². The van der Waals surface area contributed by atoms with Crippen molar-refractivity contribution in [3.8, 4) is 17.1 Å². The molecule has 8 nitrogen and oxygen atoms in total. The molecule has 0 atom stereocenters. The average Bonchev–Trinajstić information content (AvgIpc) is 3.50. The molecule has 0 spiro atoms. The Bertz CT molecular complexity index is 1260. The lowest BCUT2D eigenvalue weighted by molar-refractivity contribution is 0.0964. The fourth-order valence-corrected chi connectivity index (χ4v) is 3.95. The monoisotopic (exact) mass is 450 g/mol. The summed E-state index contributed by atoms with van der Waals surface area (Å²) in [6, 6.07) is 9.60. The predicted molar refractivity (Wildman–Crippen MR) is 121 cm³/mol. The Labute approximate surface area is 189 Å². The minimum atomic E-state index is -0.361. The maximum Gasteiger partial charge on any atom is 0.255 e.